The van der Waals surface area contributed by atoms with Crippen LogP contribution in [0.25, 0.3) is 0 Å². The Kier molecular flexibility index (Phi) is 12.3. The van der Waals surface area contributed by atoms with Crippen molar-refractivity contribution in [2.24, 2.45) is 0 Å². The van der Waals surface area contributed by atoms with Crippen molar-refractivity contribution in [1.29, 1.82) is 0 Å². The van der Waals surface area contributed by atoms with Crippen LogP contribution in [-0.2, 0) is 30.6 Å². The summed E-state index contributed by atoms with van der Waals surface area (Å²) >= 11 is 0. The van der Waals surface area contributed by atoms with E-state index >= 15 is 0 Å². The molecule has 2 aliphatic carbocycles. The molecule has 0 N–H and O–H groups in total. The molecule has 0 heterocycles. The summed E-state index contributed by atoms with van der Waals surface area (Å²) in [5, 5.41) is 0. The first-order chi connectivity index (χ1) is 8.98. The van der Waals surface area contributed by atoms with E-state index in [9.17, 15) is 0 Å². The van der Waals surface area contributed by atoms with Crippen molar-refractivity contribution in [1.82, 2.24) is 0 Å². The molecule has 2 rings (SSSR count). The minimum Gasteiger partial charge on any atom is -1.00 e. The van der Waals surface area contributed by atoms with Gasteiger partial charge < -0.3 is 29.2 Å². The molecule has 119 valence electrons. The first-order valence-electron chi connectivity index (χ1n) is 7.00. The molecule has 2 aliphatic rings. The second-order valence-corrected chi connectivity index (χ2v) is 10.5. The molecule has 0 aromatic heterocycles. The second kappa shape index (κ2) is 11.0. The Labute approximate surface area is 167 Å². The quantitative estimate of drug-likeness (QED) is 0.388. The SMILES string of the molecule is CC=C1[C-]=C(C2=CC(CCO[Si](C)(C)C)=CC2)C=C1.[Cl-].[Cl-].[Zr+3]. The van der Waals surface area contributed by atoms with Gasteiger partial charge in [-0.2, -0.15) is 12.2 Å². The van der Waals surface area contributed by atoms with Gasteiger partial charge in [0, 0.05) is 6.61 Å². The fourth-order valence-electron chi connectivity index (χ4n) is 2.19. The summed E-state index contributed by atoms with van der Waals surface area (Å²) in [6, 6.07) is 0. The first kappa shape index (κ1) is 24.6. The predicted octanol–water partition coefficient (Wildman–Crippen LogP) is -1.26. The third kappa shape index (κ3) is 7.75. The van der Waals surface area contributed by atoms with Gasteiger partial charge >= 0.3 is 26.2 Å². The van der Waals surface area contributed by atoms with Crippen LogP contribution in [0.15, 0.2) is 52.7 Å². The molecule has 0 fully saturated rings. The largest absolute Gasteiger partial charge is 3.00 e. The van der Waals surface area contributed by atoms with Gasteiger partial charge in [-0.3, -0.25) is 0 Å². The van der Waals surface area contributed by atoms with Gasteiger partial charge in [0.25, 0.3) is 0 Å². The Morgan fingerprint density at radius 2 is 1.91 bits per heavy atom. The molecule has 0 aromatic carbocycles. The molecular weight excluding hydrogens is 410 g/mol. The van der Waals surface area contributed by atoms with Crippen LogP contribution in [0, 0.1) is 6.08 Å². The minimum absolute atomic E-state index is 0. The zero-order chi connectivity index (χ0) is 13.9. The molecule has 0 saturated carbocycles. The van der Waals surface area contributed by atoms with E-state index in [0.29, 0.717) is 0 Å². The van der Waals surface area contributed by atoms with E-state index in [0.717, 1.165) is 19.4 Å². The molecule has 0 unspecified atom stereocenters. The third-order valence-corrected chi connectivity index (χ3v) is 4.31. The van der Waals surface area contributed by atoms with E-state index < -0.39 is 8.32 Å². The number of hydrogen-bond acceptors (Lipinski definition) is 1. The first-order valence-corrected chi connectivity index (χ1v) is 10.4. The van der Waals surface area contributed by atoms with Crippen molar-refractivity contribution in [3.05, 3.63) is 58.7 Å². The summed E-state index contributed by atoms with van der Waals surface area (Å²) < 4.78 is 5.91. The van der Waals surface area contributed by atoms with E-state index in [-0.39, 0.29) is 51.0 Å². The minimum atomic E-state index is -1.37. The van der Waals surface area contributed by atoms with Crippen LogP contribution in [0.1, 0.15) is 19.8 Å². The van der Waals surface area contributed by atoms with Gasteiger partial charge in [-0.05, 0) is 32.5 Å². The Bertz CT molecular complexity index is 511. The van der Waals surface area contributed by atoms with Gasteiger partial charge in [-0.25, -0.2) is 0 Å². The Balaban J connectivity index is 0. The van der Waals surface area contributed by atoms with E-state index in [1.54, 1.807) is 0 Å². The van der Waals surface area contributed by atoms with Crippen LogP contribution >= 0.6 is 0 Å². The van der Waals surface area contributed by atoms with Gasteiger partial charge in [0.1, 0.15) is 0 Å². The molecule has 0 aliphatic heterocycles. The van der Waals surface area contributed by atoms with Crippen LogP contribution in [0.4, 0.5) is 0 Å². The van der Waals surface area contributed by atoms with Crippen LogP contribution in [0.2, 0.25) is 19.6 Å². The average molecular weight is 434 g/mol. The molecule has 22 heavy (non-hydrogen) atoms. The Morgan fingerprint density at radius 1 is 1.23 bits per heavy atom. The van der Waals surface area contributed by atoms with Crippen molar-refractivity contribution < 1.29 is 55.4 Å². The molecule has 0 aromatic rings. The summed E-state index contributed by atoms with van der Waals surface area (Å²) in [5.74, 6) is 0. The number of halogens is 2. The van der Waals surface area contributed by atoms with E-state index in [2.05, 4.69) is 63.0 Å². The molecule has 1 nitrogen and oxygen atoms in total. The number of allylic oxidation sites excluding steroid dienone is 9. The van der Waals surface area contributed by atoms with Crippen molar-refractivity contribution in [3.8, 4) is 0 Å². The zero-order valence-corrected chi connectivity index (χ0v) is 18.6. The average Bonchev–Trinajstić information content (AvgIpc) is 2.94. The summed E-state index contributed by atoms with van der Waals surface area (Å²) in [7, 11) is -1.37. The standard InChI is InChI=1S/C17H23OSi.2ClH.Zr/c1-5-14-6-8-16(12-14)17-9-7-15(13-17)10-11-18-19(2,3)4;;;/h5-8,13H,9-11H2,1-4H3;2*1H;/q-1;;;+3/p-2. The van der Waals surface area contributed by atoms with E-state index in [1.165, 1.54) is 22.3 Å². The number of rotatable bonds is 5. The van der Waals surface area contributed by atoms with Crippen molar-refractivity contribution in [2.45, 2.75) is 39.4 Å². The van der Waals surface area contributed by atoms with Crippen LogP contribution < -0.4 is 24.8 Å². The molecule has 0 atom stereocenters. The normalized spacial score (nSPS) is 18.0. The molecule has 5 heteroatoms. The predicted molar refractivity (Wildman–Crippen MR) is 84.4 cm³/mol. The fourth-order valence-corrected chi connectivity index (χ4v) is 2.90. The summed E-state index contributed by atoms with van der Waals surface area (Å²) in [5.41, 5.74) is 5.22. The molecular formula is C17H23Cl2OSiZr. The Hall–Kier alpha value is 0.340. The van der Waals surface area contributed by atoms with Crippen molar-refractivity contribution in [3.63, 3.8) is 0 Å². The molecule has 0 spiro atoms. The molecule has 0 saturated heterocycles. The maximum absolute atomic E-state index is 5.91. The van der Waals surface area contributed by atoms with E-state index in [1.807, 2.05) is 0 Å². The summed E-state index contributed by atoms with van der Waals surface area (Å²) in [6.45, 7) is 9.61. The maximum atomic E-state index is 5.91. The van der Waals surface area contributed by atoms with Gasteiger partial charge in [0.2, 0.25) is 0 Å². The molecule has 1 radical (unpaired) electrons. The second-order valence-electron chi connectivity index (χ2n) is 5.98. The molecule has 0 amide bonds. The number of hydrogen-bond donors (Lipinski definition) is 0. The Morgan fingerprint density at radius 3 is 2.45 bits per heavy atom. The van der Waals surface area contributed by atoms with Gasteiger partial charge in [0.05, 0.1) is 0 Å². The summed E-state index contributed by atoms with van der Waals surface area (Å²) in [4.78, 5) is 0. The van der Waals surface area contributed by atoms with E-state index in [4.69, 9.17) is 4.43 Å². The van der Waals surface area contributed by atoms with Crippen LogP contribution in [0.5, 0.6) is 0 Å². The van der Waals surface area contributed by atoms with Gasteiger partial charge in [-0.1, -0.05) is 24.6 Å². The van der Waals surface area contributed by atoms with Crippen LogP contribution in [0.3, 0.4) is 0 Å². The zero-order valence-electron chi connectivity index (χ0n) is 13.7. The fraction of sp³-hybridized carbons (Fsp3) is 0.412. The monoisotopic (exact) mass is 431 g/mol. The smallest absolute Gasteiger partial charge is 1.00 e. The third-order valence-electron chi connectivity index (χ3n) is 3.24. The molecule has 0 bridgehead atoms. The van der Waals surface area contributed by atoms with Crippen LogP contribution in [-0.4, -0.2) is 14.9 Å². The van der Waals surface area contributed by atoms with Crippen molar-refractivity contribution in [2.75, 3.05) is 6.61 Å². The van der Waals surface area contributed by atoms with Gasteiger partial charge in [-0.15, -0.1) is 28.9 Å². The van der Waals surface area contributed by atoms with Crippen molar-refractivity contribution >= 4 is 8.32 Å². The maximum Gasteiger partial charge on any atom is 3.00 e. The summed E-state index contributed by atoms with van der Waals surface area (Å²) in [6.07, 6.45) is 16.5. The topological polar surface area (TPSA) is 9.23 Å². The van der Waals surface area contributed by atoms with Gasteiger partial charge in [0.15, 0.2) is 8.32 Å².